The van der Waals surface area contributed by atoms with Crippen LogP contribution >= 0.6 is 0 Å². The molecule has 1 saturated heterocycles. The Kier molecular flexibility index (Phi) is 8.67. The molecule has 2 fully saturated rings. The van der Waals surface area contributed by atoms with E-state index in [-0.39, 0.29) is 6.10 Å². The van der Waals surface area contributed by atoms with Crippen molar-refractivity contribution in [2.45, 2.75) is 95.5 Å². The van der Waals surface area contributed by atoms with Gasteiger partial charge in [-0.1, -0.05) is 30.3 Å². The number of carbonyl (C=O) groups is 1. The van der Waals surface area contributed by atoms with Crippen molar-refractivity contribution in [2.24, 2.45) is 0 Å². The first-order valence-corrected chi connectivity index (χ1v) is 13.9. The first-order chi connectivity index (χ1) is 17.7. The number of hydrogen-bond acceptors (Lipinski definition) is 5. The summed E-state index contributed by atoms with van der Waals surface area (Å²) in [6.07, 6.45) is 12.6. The number of unbranched alkanes of at least 4 members (excludes halogenated alkanes) is 1. The topological polar surface area (TPSA) is 71.9 Å². The lowest BCUT2D eigenvalue weighted by Crippen LogP contribution is -2.34. The van der Waals surface area contributed by atoms with Crippen LogP contribution in [0.25, 0.3) is 0 Å². The molecular weight excluding hydrogens is 452 g/mol. The summed E-state index contributed by atoms with van der Waals surface area (Å²) >= 11 is 0. The largest absolute Gasteiger partial charge is 0.480 e. The second kappa shape index (κ2) is 12.3. The van der Waals surface area contributed by atoms with Crippen LogP contribution in [-0.2, 0) is 40.1 Å². The molecule has 0 unspecified atom stereocenters. The fraction of sp³-hybridized carbons (Fsp3) is 0.600. The molecule has 194 valence electrons. The van der Waals surface area contributed by atoms with Crippen molar-refractivity contribution in [3.05, 3.63) is 64.5 Å². The van der Waals surface area contributed by atoms with Crippen LogP contribution in [0.1, 0.15) is 85.5 Å². The standard InChI is InChI=1S/C30H40N2O4/c33-30(34)29(27-13-3-1-9-23(27)21-36-25-11-7-12-25)32-18-17-26(20-32)35-19-6-5-10-24-16-15-22-8-2-4-14-28(22)31-24/h1,3,9,13,15-16,25-26,29H,2,4-8,10-12,14,17-21H2,(H,33,34)/t26-,29-/m1/s1. The molecule has 6 nitrogen and oxygen atoms in total. The predicted molar refractivity (Wildman–Crippen MR) is 139 cm³/mol. The van der Waals surface area contributed by atoms with E-state index in [1.807, 2.05) is 24.3 Å². The van der Waals surface area contributed by atoms with E-state index >= 15 is 0 Å². The highest BCUT2D eigenvalue weighted by Gasteiger charge is 2.35. The Bertz CT molecular complexity index is 1020. The third-order valence-electron chi connectivity index (χ3n) is 8.07. The SMILES string of the molecule is O=C(O)[C@@H](c1ccccc1COC1CCC1)N1CC[C@@H](OCCCCc2ccc3c(n2)CCCC3)C1. The van der Waals surface area contributed by atoms with Crippen molar-refractivity contribution < 1.29 is 19.4 Å². The zero-order chi connectivity index (χ0) is 24.7. The van der Waals surface area contributed by atoms with Crippen molar-refractivity contribution in [1.82, 2.24) is 9.88 Å². The normalized spacial score (nSPS) is 21.2. The van der Waals surface area contributed by atoms with Crippen molar-refractivity contribution in [2.75, 3.05) is 19.7 Å². The summed E-state index contributed by atoms with van der Waals surface area (Å²) in [5.41, 5.74) is 5.78. The minimum Gasteiger partial charge on any atom is -0.480 e. The molecule has 1 aromatic heterocycles. The average Bonchev–Trinajstić information content (AvgIpc) is 3.32. The fourth-order valence-electron chi connectivity index (χ4n) is 5.71. The summed E-state index contributed by atoms with van der Waals surface area (Å²) in [6, 6.07) is 11.7. The number of hydrogen-bond donors (Lipinski definition) is 1. The molecule has 2 aromatic rings. The van der Waals surface area contributed by atoms with E-state index in [0.717, 1.165) is 62.6 Å². The van der Waals surface area contributed by atoms with Crippen molar-refractivity contribution in [3.8, 4) is 0 Å². The molecule has 6 heteroatoms. The number of likely N-dealkylation sites (tertiary alicyclic amines) is 1. The first kappa shape index (κ1) is 25.4. The highest BCUT2D eigenvalue weighted by atomic mass is 16.5. The molecule has 2 aliphatic carbocycles. The van der Waals surface area contributed by atoms with Crippen LogP contribution in [0.3, 0.4) is 0 Å². The van der Waals surface area contributed by atoms with Gasteiger partial charge in [-0.25, -0.2) is 0 Å². The van der Waals surface area contributed by atoms with Crippen LogP contribution in [0.15, 0.2) is 36.4 Å². The minimum absolute atomic E-state index is 0.0899. The van der Waals surface area contributed by atoms with Gasteiger partial charge in [-0.05, 0) is 93.4 Å². The van der Waals surface area contributed by atoms with Crippen LogP contribution in [0.5, 0.6) is 0 Å². The van der Waals surface area contributed by atoms with Gasteiger partial charge in [-0.15, -0.1) is 0 Å². The summed E-state index contributed by atoms with van der Waals surface area (Å²) in [6.45, 7) is 2.59. The van der Waals surface area contributed by atoms with E-state index < -0.39 is 12.0 Å². The first-order valence-electron chi connectivity index (χ1n) is 13.9. The summed E-state index contributed by atoms with van der Waals surface area (Å²) in [5, 5.41) is 10.1. The van der Waals surface area contributed by atoms with E-state index in [1.54, 1.807) is 0 Å². The highest BCUT2D eigenvalue weighted by molar-refractivity contribution is 5.76. The van der Waals surface area contributed by atoms with Gasteiger partial charge in [0, 0.05) is 31.1 Å². The summed E-state index contributed by atoms with van der Waals surface area (Å²) in [7, 11) is 0. The lowest BCUT2D eigenvalue weighted by Gasteiger charge is -2.28. The smallest absolute Gasteiger partial charge is 0.325 e. The van der Waals surface area contributed by atoms with Crippen LogP contribution in [-0.4, -0.2) is 52.9 Å². The lowest BCUT2D eigenvalue weighted by atomic mass is 9.95. The third kappa shape index (κ3) is 6.34. The lowest BCUT2D eigenvalue weighted by molar-refractivity contribution is -0.143. The van der Waals surface area contributed by atoms with Crippen molar-refractivity contribution in [3.63, 3.8) is 0 Å². The van der Waals surface area contributed by atoms with Crippen LogP contribution < -0.4 is 0 Å². The van der Waals surface area contributed by atoms with Gasteiger partial charge in [0.05, 0.1) is 18.8 Å². The molecule has 2 heterocycles. The molecule has 36 heavy (non-hydrogen) atoms. The Morgan fingerprint density at radius 1 is 1.00 bits per heavy atom. The number of ether oxygens (including phenoxy) is 2. The number of nitrogens with zero attached hydrogens (tertiary/aromatic N) is 2. The molecule has 0 bridgehead atoms. The summed E-state index contributed by atoms with van der Waals surface area (Å²) in [5.74, 6) is -0.802. The number of aryl methyl sites for hydroxylation is 3. The number of pyridine rings is 1. The minimum atomic E-state index is -0.802. The zero-order valence-electron chi connectivity index (χ0n) is 21.4. The van der Waals surface area contributed by atoms with Gasteiger partial charge < -0.3 is 14.6 Å². The summed E-state index contributed by atoms with van der Waals surface area (Å²) < 4.78 is 12.2. The van der Waals surface area contributed by atoms with E-state index in [2.05, 4.69) is 17.0 Å². The predicted octanol–water partition coefficient (Wildman–Crippen LogP) is 5.27. The van der Waals surface area contributed by atoms with Gasteiger partial charge >= 0.3 is 5.97 Å². The molecule has 0 amide bonds. The van der Waals surface area contributed by atoms with Crippen LogP contribution in [0.2, 0.25) is 0 Å². The van der Waals surface area contributed by atoms with Crippen molar-refractivity contribution >= 4 is 5.97 Å². The average molecular weight is 493 g/mol. The molecule has 3 aliphatic rings. The summed E-state index contributed by atoms with van der Waals surface area (Å²) in [4.78, 5) is 19.3. The molecule has 1 aliphatic heterocycles. The molecular formula is C30H40N2O4. The second-order valence-electron chi connectivity index (χ2n) is 10.7. The maximum atomic E-state index is 12.3. The molecule has 2 atom stereocenters. The number of aliphatic carboxylic acids is 1. The second-order valence-corrected chi connectivity index (χ2v) is 10.7. The Labute approximate surface area is 215 Å². The van der Waals surface area contributed by atoms with Gasteiger partial charge in [-0.2, -0.15) is 0 Å². The Morgan fingerprint density at radius 2 is 1.86 bits per heavy atom. The van der Waals surface area contributed by atoms with Crippen LogP contribution in [0.4, 0.5) is 0 Å². The van der Waals surface area contributed by atoms with Gasteiger partial charge in [0.15, 0.2) is 0 Å². The number of benzene rings is 1. The number of carboxylic acids is 1. The molecule has 1 saturated carbocycles. The van der Waals surface area contributed by atoms with Gasteiger partial charge in [0.25, 0.3) is 0 Å². The number of carboxylic acid groups (broad SMARTS) is 1. The Balaban J connectivity index is 1.08. The molecule has 0 radical (unpaired) electrons. The van der Waals surface area contributed by atoms with Crippen LogP contribution in [0, 0.1) is 0 Å². The monoisotopic (exact) mass is 492 g/mol. The van der Waals surface area contributed by atoms with E-state index in [4.69, 9.17) is 14.5 Å². The van der Waals surface area contributed by atoms with E-state index in [0.29, 0.717) is 25.9 Å². The third-order valence-corrected chi connectivity index (χ3v) is 8.07. The Hall–Kier alpha value is -2.28. The zero-order valence-corrected chi connectivity index (χ0v) is 21.4. The number of fused-ring (bicyclic) bond motifs is 1. The molecule has 1 N–H and O–H groups in total. The quantitative estimate of drug-likeness (QED) is 0.407. The fourth-order valence-corrected chi connectivity index (χ4v) is 5.71. The molecule has 5 rings (SSSR count). The number of aromatic nitrogens is 1. The number of rotatable bonds is 12. The van der Waals surface area contributed by atoms with Crippen molar-refractivity contribution in [1.29, 1.82) is 0 Å². The van der Waals surface area contributed by atoms with Gasteiger partial charge in [0.1, 0.15) is 6.04 Å². The van der Waals surface area contributed by atoms with Gasteiger partial charge in [-0.3, -0.25) is 14.7 Å². The van der Waals surface area contributed by atoms with E-state index in [1.165, 1.54) is 42.6 Å². The molecule has 0 spiro atoms. The molecule has 1 aromatic carbocycles. The highest BCUT2D eigenvalue weighted by Crippen LogP contribution is 2.31. The maximum Gasteiger partial charge on any atom is 0.325 e. The Morgan fingerprint density at radius 3 is 2.69 bits per heavy atom. The van der Waals surface area contributed by atoms with Gasteiger partial charge in [0.2, 0.25) is 0 Å². The van der Waals surface area contributed by atoms with E-state index in [9.17, 15) is 9.90 Å². The maximum absolute atomic E-state index is 12.3.